The van der Waals surface area contributed by atoms with Gasteiger partial charge in [0.2, 0.25) is 0 Å². The first kappa shape index (κ1) is 15.3. The number of carbonyl (C=O) groups is 1. The predicted octanol–water partition coefficient (Wildman–Crippen LogP) is 2.89. The normalized spacial score (nSPS) is 23.6. The lowest BCUT2D eigenvalue weighted by Gasteiger charge is -2.37. The Bertz CT molecular complexity index is 452. The van der Waals surface area contributed by atoms with Gasteiger partial charge in [-0.1, -0.05) is 23.7 Å². The molecule has 0 radical (unpaired) electrons. The Morgan fingerprint density at radius 2 is 2.15 bits per heavy atom. The number of carbonyl (C=O) groups excluding carboxylic acids is 1. The summed E-state index contributed by atoms with van der Waals surface area (Å²) in [4.78, 5) is 14.0. The zero-order valence-corrected chi connectivity index (χ0v) is 12.3. The van der Waals surface area contributed by atoms with E-state index in [9.17, 15) is 9.18 Å². The number of benzene rings is 1. The minimum absolute atomic E-state index is 0.107. The number of likely N-dealkylation sites (tertiary alicyclic amines) is 1. The van der Waals surface area contributed by atoms with Crippen LogP contribution in [0.4, 0.5) is 4.39 Å². The van der Waals surface area contributed by atoms with Crippen LogP contribution >= 0.6 is 11.6 Å². The van der Waals surface area contributed by atoms with Crippen molar-refractivity contribution in [3.05, 3.63) is 34.9 Å². The number of hydrogen-bond acceptors (Lipinski definition) is 3. The van der Waals surface area contributed by atoms with Crippen LogP contribution in [0.1, 0.15) is 17.9 Å². The summed E-state index contributed by atoms with van der Waals surface area (Å²) >= 11 is 5.90. The minimum Gasteiger partial charge on any atom is -0.469 e. The van der Waals surface area contributed by atoms with E-state index >= 15 is 0 Å². The van der Waals surface area contributed by atoms with Gasteiger partial charge >= 0.3 is 5.97 Å². The van der Waals surface area contributed by atoms with E-state index in [1.54, 1.807) is 0 Å². The fourth-order valence-electron chi connectivity index (χ4n) is 2.84. The molecule has 3 nitrogen and oxygen atoms in total. The molecule has 1 aliphatic rings. The number of alkyl halides is 1. The third-order valence-corrected chi connectivity index (χ3v) is 4.15. The number of esters is 1. The van der Waals surface area contributed by atoms with E-state index in [2.05, 4.69) is 0 Å². The maximum atomic E-state index is 12.5. The van der Waals surface area contributed by atoms with E-state index in [4.69, 9.17) is 16.3 Å². The lowest BCUT2D eigenvalue weighted by molar-refractivity contribution is -0.148. The largest absolute Gasteiger partial charge is 0.469 e. The van der Waals surface area contributed by atoms with E-state index in [1.807, 2.05) is 29.2 Å². The Morgan fingerprint density at radius 1 is 1.45 bits per heavy atom. The number of ether oxygens (including phenoxy) is 1. The third-order valence-electron chi connectivity index (χ3n) is 3.90. The zero-order chi connectivity index (χ0) is 14.5. The molecule has 0 bridgehead atoms. The van der Waals surface area contributed by atoms with Gasteiger partial charge in [0.05, 0.1) is 13.0 Å². The van der Waals surface area contributed by atoms with Gasteiger partial charge in [0.1, 0.15) is 6.67 Å². The molecular formula is C15H19ClFNO2. The minimum atomic E-state index is -0.389. The standard InChI is InChI=1S/C15H19ClFNO2/c1-20-15(19)14-10-18(9-7-17)8-6-13(14)11-2-4-12(16)5-3-11/h2-5,13-14H,6-10H2,1H3/t13-,14+/m0/s1. The Morgan fingerprint density at radius 3 is 2.75 bits per heavy atom. The molecule has 1 aromatic rings. The van der Waals surface area contributed by atoms with Crippen molar-refractivity contribution in [1.82, 2.24) is 4.90 Å². The molecule has 5 heteroatoms. The fraction of sp³-hybridized carbons (Fsp3) is 0.533. The second-order valence-electron chi connectivity index (χ2n) is 5.07. The molecule has 0 aliphatic carbocycles. The molecule has 1 fully saturated rings. The maximum Gasteiger partial charge on any atom is 0.310 e. The summed E-state index contributed by atoms with van der Waals surface area (Å²) in [6.07, 6.45) is 0.821. The second-order valence-corrected chi connectivity index (χ2v) is 5.50. The number of piperidine rings is 1. The highest BCUT2D eigenvalue weighted by Crippen LogP contribution is 2.34. The molecule has 1 saturated heterocycles. The van der Waals surface area contributed by atoms with Crippen molar-refractivity contribution < 1.29 is 13.9 Å². The Kier molecular flexibility index (Phi) is 5.38. The molecule has 110 valence electrons. The van der Waals surface area contributed by atoms with Gasteiger partial charge in [-0.25, -0.2) is 4.39 Å². The van der Waals surface area contributed by atoms with Crippen LogP contribution in [0.15, 0.2) is 24.3 Å². The van der Waals surface area contributed by atoms with Crippen molar-refractivity contribution in [2.75, 3.05) is 33.4 Å². The van der Waals surface area contributed by atoms with Gasteiger partial charge in [0, 0.05) is 18.1 Å². The van der Waals surface area contributed by atoms with Gasteiger partial charge in [-0.05, 0) is 36.6 Å². The van der Waals surface area contributed by atoms with Crippen molar-refractivity contribution in [1.29, 1.82) is 0 Å². The molecule has 2 atom stereocenters. The molecule has 1 aromatic carbocycles. The number of halogens is 2. The Hall–Kier alpha value is -1.13. The molecule has 0 N–H and O–H groups in total. The highest BCUT2D eigenvalue weighted by Gasteiger charge is 2.35. The summed E-state index contributed by atoms with van der Waals surface area (Å²) in [5, 5.41) is 0.679. The van der Waals surface area contributed by atoms with E-state index in [0.29, 0.717) is 18.1 Å². The molecule has 0 aromatic heterocycles. The molecule has 1 aliphatic heterocycles. The van der Waals surface area contributed by atoms with Crippen LogP contribution in [0, 0.1) is 5.92 Å². The molecule has 20 heavy (non-hydrogen) atoms. The summed E-state index contributed by atoms with van der Waals surface area (Å²) in [6, 6.07) is 7.57. The second kappa shape index (κ2) is 7.04. The van der Waals surface area contributed by atoms with Gasteiger partial charge in [0.15, 0.2) is 0 Å². The van der Waals surface area contributed by atoms with Crippen molar-refractivity contribution in [3.63, 3.8) is 0 Å². The van der Waals surface area contributed by atoms with E-state index in [0.717, 1.165) is 18.5 Å². The van der Waals surface area contributed by atoms with Crippen LogP contribution in [0.25, 0.3) is 0 Å². The molecule has 1 heterocycles. The number of hydrogen-bond donors (Lipinski definition) is 0. The Labute approximate surface area is 123 Å². The lowest BCUT2D eigenvalue weighted by Crippen LogP contribution is -2.44. The Balaban J connectivity index is 2.17. The summed E-state index contributed by atoms with van der Waals surface area (Å²) in [5.74, 6) is -0.370. The van der Waals surface area contributed by atoms with Gasteiger partial charge in [-0.3, -0.25) is 9.69 Å². The van der Waals surface area contributed by atoms with Crippen LogP contribution in [0.2, 0.25) is 5.02 Å². The van der Waals surface area contributed by atoms with Gasteiger partial charge < -0.3 is 4.74 Å². The smallest absolute Gasteiger partial charge is 0.310 e. The summed E-state index contributed by atoms with van der Waals surface area (Å²) in [5.41, 5.74) is 1.09. The highest BCUT2D eigenvalue weighted by molar-refractivity contribution is 6.30. The summed E-state index contributed by atoms with van der Waals surface area (Å²) in [7, 11) is 1.40. The third kappa shape index (κ3) is 3.49. The van der Waals surface area contributed by atoms with Crippen LogP contribution in [0.5, 0.6) is 0 Å². The van der Waals surface area contributed by atoms with Gasteiger partial charge in [-0.15, -0.1) is 0 Å². The number of nitrogens with zero attached hydrogens (tertiary/aromatic N) is 1. The number of rotatable bonds is 4. The summed E-state index contributed by atoms with van der Waals surface area (Å²) < 4.78 is 17.4. The summed E-state index contributed by atoms with van der Waals surface area (Å²) in [6.45, 7) is 1.33. The fourth-order valence-corrected chi connectivity index (χ4v) is 2.97. The zero-order valence-electron chi connectivity index (χ0n) is 11.5. The quantitative estimate of drug-likeness (QED) is 0.801. The molecule has 0 amide bonds. The van der Waals surface area contributed by atoms with Crippen LogP contribution < -0.4 is 0 Å². The lowest BCUT2D eigenvalue weighted by atomic mass is 9.80. The van der Waals surface area contributed by atoms with Crippen LogP contribution in [-0.2, 0) is 9.53 Å². The van der Waals surface area contributed by atoms with Crippen LogP contribution in [0.3, 0.4) is 0 Å². The average Bonchev–Trinajstić information content (AvgIpc) is 2.48. The molecule has 0 unspecified atom stereocenters. The first-order valence-corrected chi connectivity index (χ1v) is 7.15. The van der Waals surface area contributed by atoms with Crippen molar-refractivity contribution >= 4 is 17.6 Å². The monoisotopic (exact) mass is 299 g/mol. The SMILES string of the molecule is COC(=O)[C@@H]1CN(CCF)CC[C@H]1c1ccc(Cl)cc1. The van der Waals surface area contributed by atoms with Crippen molar-refractivity contribution in [2.24, 2.45) is 5.92 Å². The average molecular weight is 300 g/mol. The number of methoxy groups -OCH3 is 1. The molecular weight excluding hydrogens is 281 g/mol. The van der Waals surface area contributed by atoms with E-state index in [1.165, 1.54) is 7.11 Å². The van der Waals surface area contributed by atoms with Crippen molar-refractivity contribution in [3.8, 4) is 0 Å². The molecule has 2 rings (SSSR count). The van der Waals surface area contributed by atoms with Gasteiger partial charge in [-0.2, -0.15) is 0 Å². The highest BCUT2D eigenvalue weighted by atomic mass is 35.5. The molecule has 0 spiro atoms. The van der Waals surface area contributed by atoms with Crippen molar-refractivity contribution in [2.45, 2.75) is 12.3 Å². The molecule has 0 saturated carbocycles. The van der Waals surface area contributed by atoms with E-state index < -0.39 is 0 Å². The van der Waals surface area contributed by atoms with Gasteiger partial charge in [0.25, 0.3) is 0 Å². The van der Waals surface area contributed by atoms with E-state index in [-0.39, 0.29) is 24.5 Å². The van der Waals surface area contributed by atoms with Crippen LogP contribution in [-0.4, -0.2) is 44.3 Å². The first-order chi connectivity index (χ1) is 9.65. The maximum absolute atomic E-state index is 12.5. The topological polar surface area (TPSA) is 29.5 Å². The first-order valence-electron chi connectivity index (χ1n) is 6.77. The predicted molar refractivity (Wildman–Crippen MR) is 76.7 cm³/mol.